The Morgan fingerprint density at radius 2 is 1.94 bits per heavy atom. The van der Waals surface area contributed by atoms with Gasteiger partial charge in [-0.25, -0.2) is 0 Å². The van der Waals surface area contributed by atoms with E-state index in [2.05, 4.69) is 19.2 Å². The summed E-state index contributed by atoms with van der Waals surface area (Å²) in [5.74, 6) is 0.396. The molecule has 0 saturated heterocycles. The van der Waals surface area contributed by atoms with Gasteiger partial charge in [-0.15, -0.1) is 0 Å². The average Bonchev–Trinajstić information content (AvgIpc) is 2.27. The van der Waals surface area contributed by atoms with Crippen molar-refractivity contribution in [3.63, 3.8) is 0 Å². The minimum absolute atomic E-state index is 0.112. The van der Waals surface area contributed by atoms with Gasteiger partial charge in [0.2, 0.25) is 5.91 Å². The zero-order chi connectivity index (χ0) is 12.0. The molecule has 1 rings (SSSR count). The molecule has 1 aromatic rings. The molecule has 0 aliphatic carbocycles. The van der Waals surface area contributed by atoms with Crippen molar-refractivity contribution >= 4 is 11.6 Å². The highest BCUT2D eigenvalue weighted by Gasteiger charge is 2.02. The maximum Gasteiger partial charge on any atom is 0.250 e. The number of carbonyl (C=O) groups excluding carboxylic acids is 1. The molecule has 0 atom stereocenters. The predicted molar refractivity (Wildman–Crippen MR) is 65.7 cm³/mol. The van der Waals surface area contributed by atoms with Crippen LogP contribution in [0.25, 0.3) is 0 Å². The molecule has 0 aliphatic heterocycles. The Bertz CT molecular complexity index is 330. The van der Waals surface area contributed by atoms with E-state index in [1.54, 1.807) is 0 Å². The zero-order valence-corrected chi connectivity index (χ0v) is 10.1. The lowest BCUT2D eigenvalue weighted by Gasteiger charge is -2.08. The first-order valence-electron chi connectivity index (χ1n) is 5.61. The molecule has 0 bridgehead atoms. The Morgan fingerprint density at radius 1 is 1.31 bits per heavy atom. The zero-order valence-electron chi connectivity index (χ0n) is 10.1. The van der Waals surface area contributed by atoms with Gasteiger partial charge >= 0.3 is 0 Å². The van der Waals surface area contributed by atoms with Gasteiger partial charge in [0.25, 0.3) is 0 Å². The Labute approximate surface area is 96.8 Å². The highest BCUT2D eigenvalue weighted by atomic mass is 16.5. The summed E-state index contributed by atoms with van der Waals surface area (Å²) in [5.41, 5.74) is 2.08. The van der Waals surface area contributed by atoms with Crippen LogP contribution in [-0.4, -0.2) is 19.1 Å². The van der Waals surface area contributed by atoms with Gasteiger partial charge in [0.05, 0.1) is 0 Å². The van der Waals surface area contributed by atoms with Crippen molar-refractivity contribution in [1.82, 2.24) is 0 Å². The average molecular weight is 221 g/mol. The van der Waals surface area contributed by atoms with Crippen LogP contribution in [0.4, 0.5) is 5.69 Å². The van der Waals surface area contributed by atoms with E-state index in [1.165, 1.54) is 5.56 Å². The number of ether oxygens (including phenoxy) is 1. The lowest BCUT2D eigenvalue weighted by molar-refractivity contribution is -0.120. The van der Waals surface area contributed by atoms with Crippen LogP contribution in [0.5, 0.6) is 0 Å². The highest BCUT2D eigenvalue weighted by Crippen LogP contribution is 2.16. The molecule has 1 N–H and O–H groups in total. The second kappa shape index (κ2) is 6.28. The molecule has 3 heteroatoms. The Morgan fingerprint density at radius 3 is 2.44 bits per heavy atom. The van der Waals surface area contributed by atoms with E-state index in [-0.39, 0.29) is 12.5 Å². The van der Waals surface area contributed by atoms with Crippen molar-refractivity contribution in [2.24, 2.45) is 0 Å². The van der Waals surface area contributed by atoms with Crippen molar-refractivity contribution in [2.45, 2.75) is 26.7 Å². The van der Waals surface area contributed by atoms with Crippen LogP contribution in [-0.2, 0) is 9.53 Å². The topological polar surface area (TPSA) is 38.3 Å². The molecule has 1 aromatic carbocycles. The van der Waals surface area contributed by atoms with Crippen LogP contribution in [0.2, 0.25) is 0 Å². The molecule has 88 valence electrons. The third-order valence-electron chi connectivity index (χ3n) is 2.30. The molecule has 0 fully saturated rings. The van der Waals surface area contributed by atoms with Crippen molar-refractivity contribution in [2.75, 3.05) is 18.5 Å². The van der Waals surface area contributed by atoms with E-state index in [0.29, 0.717) is 12.5 Å². The molecule has 0 spiro atoms. The normalized spacial score (nSPS) is 10.5. The van der Waals surface area contributed by atoms with Crippen molar-refractivity contribution in [1.29, 1.82) is 0 Å². The summed E-state index contributed by atoms with van der Waals surface area (Å²) in [4.78, 5) is 11.4. The number of carbonyl (C=O) groups is 1. The number of nitrogens with one attached hydrogen (secondary N) is 1. The lowest BCUT2D eigenvalue weighted by Crippen LogP contribution is -2.18. The predicted octanol–water partition coefficient (Wildman–Crippen LogP) is 2.79. The molecular formula is C13H19NO2. The summed E-state index contributed by atoms with van der Waals surface area (Å²) in [6.07, 6.45) is 0. The molecule has 1 amide bonds. The van der Waals surface area contributed by atoms with Gasteiger partial charge in [-0.3, -0.25) is 4.79 Å². The number of rotatable bonds is 5. The summed E-state index contributed by atoms with van der Waals surface area (Å²) in [6.45, 7) is 6.82. The smallest absolute Gasteiger partial charge is 0.250 e. The highest BCUT2D eigenvalue weighted by molar-refractivity contribution is 5.91. The summed E-state index contributed by atoms with van der Waals surface area (Å²) in [6, 6.07) is 7.89. The van der Waals surface area contributed by atoms with Crippen LogP contribution in [0.3, 0.4) is 0 Å². The number of anilines is 1. The molecule has 0 heterocycles. The Hall–Kier alpha value is -1.35. The van der Waals surface area contributed by atoms with Gasteiger partial charge in [0, 0.05) is 12.3 Å². The van der Waals surface area contributed by atoms with Gasteiger partial charge in [-0.1, -0.05) is 26.0 Å². The monoisotopic (exact) mass is 221 g/mol. The SMILES string of the molecule is CCOCC(=O)Nc1ccc(C(C)C)cc1. The second-order valence-corrected chi connectivity index (χ2v) is 3.96. The first-order valence-corrected chi connectivity index (χ1v) is 5.61. The van der Waals surface area contributed by atoms with Crippen molar-refractivity contribution in [3.05, 3.63) is 29.8 Å². The summed E-state index contributed by atoms with van der Waals surface area (Å²) >= 11 is 0. The molecule has 0 saturated carbocycles. The van der Waals surface area contributed by atoms with Gasteiger partial charge in [0.1, 0.15) is 6.61 Å². The van der Waals surface area contributed by atoms with Crippen LogP contribution < -0.4 is 5.32 Å². The molecule has 0 radical (unpaired) electrons. The maximum absolute atomic E-state index is 11.4. The van der Waals surface area contributed by atoms with Crippen LogP contribution >= 0.6 is 0 Å². The lowest BCUT2D eigenvalue weighted by atomic mass is 10.0. The fourth-order valence-electron chi connectivity index (χ4n) is 1.34. The number of amides is 1. The van der Waals surface area contributed by atoms with E-state index in [0.717, 1.165) is 5.69 Å². The minimum Gasteiger partial charge on any atom is -0.372 e. The largest absolute Gasteiger partial charge is 0.372 e. The third kappa shape index (κ3) is 4.03. The van der Waals surface area contributed by atoms with E-state index in [9.17, 15) is 4.79 Å². The second-order valence-electron chi connectivity index (χ2n) is 3.96. The standard InChI is InChI=1S/C13H19NO2/c1-4-16-9-13(15)14-12-7-5-11(6-8-12)10(2)3/h5-8,10H,4,9H2,1-3H3,(H,14,15). The summed E-state index contributed by atoms with van der Waals surface area (Å²) in [5, 5.41) is 2.78. The molecular weight excluding hydrogens is 202 g/mol. The van der Waals surface area contributed by atoms with Crippen molar-refractivity contribution in [3.8, 4) is 0 Å². The molecule has 0 unspecified atom stereocenters. The van der Waals surface area contributed by atoms with Gasteiger partial charge in [-0.2, -0.15) is 0 Å². The molecule has 0 aliphatic rings. The first-order chi connectivity index (χ1) is 7.63. The number of benzene rings is 1. The van der Waals surface area contributed by atoms with E-state index < -0.39 is 0 Å². The van der Waals surface area contributed by atoms with Crippen LogP contribution in [0.15, 0.2) is 24.3 Å². The van der Waals surface area contributed by atoms with Gasteiger partial charge in [-0.05, 0) is 30.5 Å². The molecule has 0 aromatic heterocycles. The van der Waals surface area contributed by atoms with Crippen molar-refractivity contribution < 1.29 is 9.53 Å². The Kier molecular flexibility index (Phi) is 4.99. The summed E-state index contributed by atoms with van der Waals surface area (Å²) in [7, 11) is 0. The van der Waals surface area contributed by atoms with Gasteiger partial charge < -0.3 is 10.1 Å². The first kappa shape index (κ1) is 12.7. The van der Waals surface area contributed by atoms with Crippen LogP contribution in [0, 0.1) is 0 Å². The molecule has 16 heavy (non-hydrogen) atoms. The third-order valence-corrected chi connectivity index (χ3v) is 2.30. The van der Waals surface area contributed by atoms with E-state index >= 15 is 0 Å². The summed E-state index contributed by atoms with van der Waals surface area (Å²) < 4.78 is 5.02. The van der Waals surface area contributed by atoms with E-state index in [1.807, 2.05) is 31.2 Å². The number of hydrogen-bond donors (Lipinski definition) is 1. The molecule has 3 nitrogen and oxygen atoms in total. The minimum atomic E-state index is -0.112. The quantitative estimate of drug-likeness (QED) is 0.830. The maximum atomic E-state index is 11.4. The Balaban J connectivity index is 2.51. The number of hydrogen-bond acceptors (Lipinski definition) is 2. The fourth-order valence-corrected chi connectivity index (χ4v) is 1.34. The van der Waals surface area contributed by atoms with Crippen LogP contribution in [0.1, 0.15) is 32.3 Å². The van der Waals surface area contributed by atoms with E-state index in [4.69, 9.17) is 4.74 Å². The fraction of sp³-hybridized carbons (Fsp3) is 0.462. The van der Waals surface area contributed by atoms with Gasteiger partial charge in [0.15, 0.2) is 0 Å².